The average molecular weight is 407 g/mol. The van der Waals surface area contributed by atoms with E-state index in [1.54, 1.807) is 22.7 Å². The number of hydrogen-bond acceptors (Lipinski definition) is 5. The van der Waals surface area contributed by atoms with E-state index in [2.05, 4.69) is 10.0 Å². The number of benzene rings is 1. The van der Waals surface area contributed by atoms with Crippen molar-refractivity contribution in [3.8, 4) is 0 Å². The van der Waals surface area contributed by atoms with Crippen LogP contribution in [-0.4, -0.2) is 20.9 Å². The summed E-state index contributed by atoms with van der Waals surface area (Å²) in [5.41, 5.74) is 0.430. The molecule has 136 valence electrons. The minimum absolute atomic E-state index is 0.151. The normalized spacial score (nSPS) is 11.4. The summed E-state index contributed by atoms with van der Waals surface area (Å²) < 4.78 is 27.2. The van der Waals surface area contributed by atoms with Gasteiger partial charge in [-0.05, 0) is 53.6 Å². The average Bonchev–Trinajstić information content (AvgIpc) is 3.33. The second-order valence-electron chi connectivity index (χ2n) is 5.51. The molecule has 26 heavy (non-hydrogen) atoms. The molecule has 0 spiro atoms. The summed E-state index contributed by atoms with van der Waals surface area (Å²) in [6.45, 7) is 0.798. The summed E-state index contributed by atoms with van der Waals surface area (Å²) in [5, 5.41) is 6.73. The lowest BCUT2D eigenvalue weighted by molar-refractivity contribution is 0.0951. The monoisotopic (exact) mass is 406 g/mol. The van der Waals surface area contributed by atoms with E-state index in [0.29, 0.717) is 25.1 Å². The van der Waals surface area contributed by atoms with Crippen LogP contribution in [0.15, 0.2) is 64.2 Å². The Balaban J connectivity index is 1.56. The number of nitrogens with one attached hydrogen (secondary N) is 2. The molecule has 0 saturated carbocycles. The number of amides is 1. The minimum Gasteiger partial charge on any atom is -0.347 e. The predicted molar refractivity (Wildman–Crippen MR) is 105 cm³/mol. The minimum atomic E-state index is -3.58. The maximum atomic E-state index is 12.3. The van der Waals surface area contributed by atoms with E-state index in [9.17, 15) is 13.2 Å². The third-order valence-electron chi connectivity index (χ3n) is 3.67. The maximum absolute atomic E-state index is 12.3. The van der Waals surface area contributed by atoms with E-state index in [1.807, 2.05) is 35.0 Å². The number of sulfonamides is 1. The first kappa shape index (κ1) is 18.8. The van der Waals surface area contributed by atoms with E-state index in [-0.39, 0.29) is 10.8 Å². The van der Waals surface area contributed by atoms with Gasteiger partial charge in [-0.2, -0.15) is 0 Å². The fraction of sp³-hybridized carbons (Fsp3) is 0.167. The molecule has 0 atom stereocenters. The van der Waals surface area contributed by atoms with Crippen LogP contribution in [0, 0.1) is 0 Å². The number of carbonyl (C=O) groups is 1. The van der Waals surface area contributed by atoms with Crippen molar-refractivity contribution in [1.82, 2.24) is 10.0 Å². The second-order valence-corrected chi connectivity index (χ2v) is 9.34. The smallest absolute Gasteiger partial charge is 0.251 e. The van der Waals surface area contributed by atoms with Crippen LogP contribution in [-0.2, 0) is 23.0 Å². The van der Waals surface area contributed by atoms with Crippen LogP contribution in [0.25, 0.3) is 0 Å². The zero-order valence-corrected chi connectivity index (χ0v) is 16.3. The predicted octanol–water partition coefficient (Wildman–Crippen LogP) is 3.26. The van der Waals surface area contributed by atoms with Crippen molar-refractivity contribution in [2.24, 2.45) is 0 Å². The summed E-state index contributed by atoms with van der Waals surface area (Å²) in [6.07, 6.45) is 0.653. The van der Waals surface area contributed by atoms with Gasteiger partial charge in [0.2, 0.25) is 10.0 Å². The van der Waals surface area contributed by atoms with Gasteiger partial charge in [-0.15, -0.1) is 22.7 Å². The van der Waals surface area contributed by atoms with Crippen LogP contribution in [0.2, 0.25) is 0 Å². The topological polar surface area (TPSA) is 75.3 Å². The molecule has 3 aromatic rings. The Morgan fingerprint density at radius 2 is 1.58 bits per heavy atom. The summed E-state index contributed by atoms with van der Waals surface area (Å²) in [4.78, 5) is 14.5. The molecular weight excluding hydrogens is 388 g/mol. The third-order valence-corrected chi connectivity index (χ3v) is 6.96. The Labute approximate surface area is 160 Å². The van der Waals surface area contributed by atoms with Crippen LogP contribution in [0.4, 0.5) is 0 Å². The molecule has 2 aromatic heterocycles. The van der Waals surface area contributed by atoms with Gasteiger partial charge in [0.1, 0.15) is 0 Å². The summed E-state index contributed by atoms with van der Waals surface area (Å²) in [7, 11) is -3.58. The Hall–Kier alpha value is -2.00. The summed E-state index contributed by atoms with van der Waals surface area (Å²) >= 11 is 3.17. The molecule has 0 unspecified atom stereocenters. The Morgan fingerprint density at radius 1 is 0.923 bits per heavy atom. The fourth-order valence-corrected chi connectivity index (χ4v) is 4.70. The van der Waals surface area contributed by atoms with E-state index >= 15 is 0 Å². The van der Waals surface area contributed by atoms with Crippen molar-refractivity contribution in [2.75, 3.05) is 6.54 Å². The van der Waals surface area contributed by atoms with Crippen molar-refractivity contribution >= 4 is 38.6 Å². The molecule has 2 heterocycles. The molecule has 1 amide bonds. The van der Waals surface area contributed by atoms with Gasteiger partial charge in [-0.25, -0.2) is 13.1 Å². The molecule has 0 aliphatic carbocycles. The fourth-order valence-electron chi connectivity index (χ4n) is 2.31. The standard InChI is InChI=1S/C18H18N2O3S3/c21-18(19-13-16-4-2-12-25-16)14-5-7-17(8-6-14)26(22,23)20-10-9-15-3-1-11-24-15/h1-8,11-12,20H,9-10,13H2,(H,19,21). The van der Waals surface area contributed by atoms with Crippen molar-refractivity contribution in [3.63, 3.8) is 0 Å². The van der Waals surface area contributed by atoms with Crippen LogP contribution in [0.5, 0.6) is 0 Å². The lowest BCUT2D eigenvalue weighted by Crippen LogP contribution is -2.26. The van der Waals surface area contributed by atoms with Crippen molar-refractivity contribution in [3.05, 3.63) is 74.6 Å². The highest BCUT2D eigenvalue weighted by molar-refractivity contribution is 7.89. The van der Waals surface area contributed by atoms with Crippen LogP contribution < -0.4 is 10.0 Å². The Morgan fingerprint density at radius 3 is 2.19 bits per heavy atom. The van der Waals surface area contributed by atoms with E-state index in [4.69, 9.17) is 0 Å². The number of carbonyl (C=O) groups excluding carboxylic acids is 1. The van der Waals surface area contributed by atoms with Gasteiger partial charge in [0.05, 0.1) is 11.4 Å². The maximum Gasteiger partial charge on any atom is 0.251 e. The number of hydrogen-bond donors (Lipinski definition) is 2. The molecular formula is C18H18N2O3S3. The van der Waals surface area contributed by atoms with Gasteiger partial charge in [0, 0.05) is 21.9 Å². The Kier molecular flexibility index (Phi) is 6.20. The van der Waals surface area contributed by atoms with Crippen LogP contribution in [0.1, 0.15) is 20.1 Å². The first-order chi connectivity index (χ1) is 12.5. The third kappa shape index (κ3) is 5.01. The molecule has 0 radical (unpaired) electrons. The lowest BCUT2D eigenvalue weighted by Gasteiger charge is -2.08. The quantitative estimate of drug-likeness (QED) is 0.603. The van der Waals surface area contributed by atoms with E-state index < -0.39 is 10.0 Å². The highest BCUT2D eigenvalue weighted by Gasteiger charge is 2.14. The lowest BCUT2D eigenvalue weighted by atomic mass is 10.2. The van der Waals surface area contributed by atoms with Gasteiger partial charge >= 0.3 is 0 Å². The van der Waals surface area contributed by atoms with Gasteiger partial charge in [-0.3, -0.25) is 4.79 Å². The SMILES string of the molecule is O=C(NCc1cccs1)c1ccc(S(=O)(=O)NCCc2cccs2)cc1. The highest BCUT2D eigenvalue weighted by atomic mass is 32.2. The van der Waals surface area contributed by atoms with E-state index in [0.717, 1.165) is 9.75 Å². The molecule has 0 saturated heterocycles. The first-order valence-electron chi connectivity index (χ1n) is 7.97. The molecule has 5 nitrogen and oxygen atoms in total. The van der Waals surface area contributed by atoms with Crippen molar-refractivity contribution in [1.29, 1.82) is 0 Å². The zero-order valence-electron chi connectivity index (χ0n) is 13.8. The molecule has 0 bridgehead atoms. The zero-order chi connectivity index (χ0) is 18.4. The molecule has 0 aliphatic rings. The largest absolute Gasteiger partial charge is 0.347 e. The molecule has 0 aliphatic heterocycles. The molecule has 3 rings (SSSR count). The van der Waals surface area contributed by atoms with Crippen LogP contribution in [0.3, 0.4) is 0 Å². The molecule has 1 aromatic carbocycles. The number of thiophene rings is 2. The van der Waals surface area contributed by atoms with Gasteiger partial charge in [-0.1, -0.05) is 12.1 Å². The molecule has 8 heteroatoms. The van der Waals surface area contributed by atoms with Gasteiger partial charge in [0.25, 0.3) is 5.91 Å². The van der Waals surface area contributed by atoms with Gasteiger partial charge < -0.3 is 5.32 Å². The molecule has 0 fully saturated rings. The number of rotatable bonds is 8. The van der Waals surface area contributed by atoms with Gasteiger partial charge in [0.15, 0.2) is 0 Å². The van der Waals surface area contributed by atoms with Crippen LogP contribution >= 0.6 is 22.7 Å². The van der Waals surface area contributed by atoms with E-state index in [1.165, 1.54) is 24.3 Å². The second kappa shape index (κ2) is 8.59. The van der Waals surface area contributed by atoms with Crippen molar-refractivity contribution < 1.29 is 13.2 Å². The summed E-state index contributed by atoms with van der Waals surface area (Å²) in [6, 6.07) is 13.7. The first-order valence-corrected chi connectivity index (χ1v) is 11.2. The molecule has 2 N–H and O–H groups in total. The Bertz CT molecular complexity index is 932. The highest BCUT2D eigenvalue weighted by Crippen LogP contribution is 2.13. The summed E-state index contributed by atoms with van der Waals surface area (Å²) in [5.74, 6) is -0.229. The van der Waals surface area contributed by atoms with Crippen molar-refractivity contribution in [2.45, 2.75) is 17.9 Å².